The molecule has 0 aliphatic heterocycles. The molecule has 0 bridgehead atoms. The number of anilines is 1. The quantitative estimate of drug-likeness (QED) is 0.424. The standard InChI is InChI=1S/C17H26ClN5O4/c1-17(2,3)27-16(24)21-9-12-6-4-11(5-7-12)8-19-14-13(23(25)26)10-20-15(18)22-14/h10-12H,4-9H2,1-3H3,(H,21,24)(H,19,20,22)/t11-,12-. The van der Waals surface area contributed by atoms with Gasteiger partial charge in [0.05, 0.1) is 4.92 Å². The SMILES string of the molecule is CC(C)(C)OC(=O)NC[C@H]1CC[C@H](CNc2nc(Cl)ncc2[N+](=O)[O-])CC1. The lowest BCUT2D eigenvalue weighted by Crippen LogP contribution is -2.36. The van der Waals surface area contributed by atoms with Gasteiger partial charge in [0.2, 0.25) is 11.1 Å². The zero-order chi connectivity index (χ0) is 20.0. The van der Waals surface area contributed by atoms with E-state index < -0.39 is 10.5 Å². The molecular formula is C17H26ClN5O4. The second-order valence-corrected chi connectivity index (χ2v) is 8.12. The second-order valence-electron chi connectivity index (χ2n) is 7.78. The summed E-state index contributed by atoms with van der Waals surface area (Å²) in [6.07, 6.45) is 4.63. The number of carbonyl (C=O) groups excluding carboxylic acids is 1. The molecule has 1 heterocycles. The van der Waals surface area contributed by atoms with Crippen molar-refractivity contribution in [1.82, 2.24) is 15.3 Å². The minimum absolute atomic E-state index is 0.0278. The molecule has 10 heteroatoms. The van der Waals surface area contributed by atoms with Crippen molar-refractivity contribution in [2.45, 2.75) is 52.1 Å². The third-order valence-corrected chi connectivity index (χ3v) is 4.58. The molecule has 1 aliphatic rings. The van der Waals surface area contributed by atoms with Gasteiger partial charge in [-0.2, -0.15) is 4.98 Å². The lowest BCUT2D eigenvalue weighted by Gasteiger charge is -2.29. The Morgan fingerprint density at radius 2 is 1.89 bits per heavy atom. The van der Waals surface area contributed by atoms with Crippen LogP contribution in [0.4, 0.5) is 16.3 Å². The third kappa shape index (κ3) is 7.16. The topological polar surface area (TPSA) is 119 Å². The first-order valence-electron chi connectivity index (χ1n) is 9.01. The molecule has 1 aromatic heterocycles. The zero-order valence-electron chi connectivity index (χ0n) is 15.8. The molecule has 150 valence electrons. The number of halogens is 1. The summed E-state index contributed by atoms with van der Waals surface area (Å²) in [7, 11) is 0. The van der Waals surface area contributed by atoms with E-state index in [-0.39, 0.29) is 22.9 Å². The molecule has 0 atom stereocenters. The van der Waals surface area contributed by atoms with Gasteiger partial charge in [-0.3, -0.25) is 10.1 Å². The van der Waals surface area contributed by atoms with Gasteiger partial charge in [-0.05, 0) is 69.9 Å². The maximum absolute atomic E-state index is 11.7. The minimum atomic E-state index is -0.530. The molecule has 27 heavy (non-hydrogen) atoms. The predicted molar refractivity (Wildman–Crippen MR) is 102 cm³/mol. The number of rotatable bonds is 6. The Labute approximate surface area is 163 Å². The van der Waals surface area contributed by atoms with Crippen LogP contribution < -0.4 is 10.6 Å². The molecule has 1 fully saturated rings. The van der Waals surface area contributed by atoms with Crippen molar-refractivity contribution in [2.24, 2.45) is 11.8 Å². The van der Waals surface area contributed by atoms with Crippen molar-refractivity contribution in [3.8, 4) is 0 Å². The van der Waals surface area contributed by atoms with Crippen LogP contribution >= 0.6 is 11.6 Å². The highest BCUT2D eigenvalue weighted by atomic mass is 35.5. The van der Waals surface area contributed by atoms with Crippen molar-refractivity contribution < 1.29 is 14.5 Å². The molecule has 1 amide bonds. The zero-order valence-corrected chi connectivity index (χ0v) is 16.6. The van der Waals surface area contributed by atoms with Gasteiger partial charge in [-0.15, -0.1) is 0 Å². The van der Waals surface area contributed by atoms with E-state index in [0.717, 1.165) is 31.9 Å². The van der Waals surface area contributed by atoms with Crippen LogP contribution in [-0.2, 0) is 4.74 Å². The molecule has 1 aliphatic carbocycles. The highest BCUT2D eigenvalue weighted by Gasteiger charge is 2.24. The first-order chi connectivity index (χ1) is 12.6. The summed E-state index contributed by atoms with van der Waals surface area (Å²) in [5.74, 6) is 0.946. The maximum Gasteiger partial charge on any atom is 0.407 e. The average Bonchev–Trinajstić information content (AvgIpc) is 2.57. The van der Waals surface area contributed by atoms with E-state index in [1.54, 1.807) is 0 Å². The fourth-order valence-corrected chi connectivity index (χ4v) is 3.17. The van der Waals surface area contributed by atoms with Crippen LogP contribution in [0.25, 0.3) is 0 Å². The van der Waals surface area contributed by atoms with Gasteiger partial charge in [0.15, 0.2) is 0 Å². The summed E-state index contributed by atoms with van der Waals surface area (Å²) in [6, 6.07) is 0. The summed E-state index contributed by atoms with van der Waals surface area (Å²) in [5, 5.41) is 16.9. The fraction of sp³-hybridized carbons (Fsp3) is 0.706. The van der Waals surface area contributed by atoms with Crippen molar-refractivity contribution >= 4 is 29.2 Å². The molecule has 0 saturated heterocycles. The van der Waals surface area contributed by atoms with Crippen molar-refractivity contribution in [3.63, 3.8) is 0 Å². The van der Waals surface area contributed by atoms with Crippen LogP contribution in [0.5, 0.6) is 0 Å². The normalized spacial score (nSPS) is 20.0. The van der Waals surface area contributed by atoms with Gasteiger partial charge >= 0.3 is 11.8 Å². The van der Waals surface area contributed by atoms with Gasteiger partial charge in [-0.25, -0.2) is 9.78 Å². The smallest absolute Gasteiger partial charge is 0.407 e. The highest BCUT2D eigenvalue weighted by Crippen LogP contribution is 2.30. The van der Waals surface area contributed by atoms with E-state index in [9.17, 15) is 14.9 Å². The van der Waals surface area contributed by atoms with Crippen LogP contribution in [-0.4, -0.2) is 39.7 Å². The number of amides is 1. The van der Waals surface area contributed by atoms with Crippen LogP contribution in [0.15, 0.2) is 6.20 Å². The Bertz CT molecular complexity index is 672. The summed E-state index contributed by atoms with van der Waals surface area (Å²) in [4.78, 5) is 29.8. The molecule has 1 saturated carbocycles. The van der Waals surface area contributed by atoms with Crippen molar-refractivity contribution in [3.05, 3.63) is 21.6 Å². The Kier molecular flexibility index (Phi) is 7.18. The largest absolute Gasteiger partial charge is 0.444 e. The van der Waals surface area contributed by atoms with Gasteiger partial charge in [0, 0.05) is 13.1 Å². The summed E-state index contributed by atoms with van der Waals surface area (Å²) >= 11 is 5.73. The van der Waals surface area contributed by atoms with E-state index in [1.807, 2.05) is 20.8 Å². The lowest BCUT2D eigenvalue weighted by atomic mass is 9.82. The van der Waals surface area contributed by atoms with E-state index >= 15 is 0 Å². The van der Waals surface area contributed by atoms with Crippen LogP contribution in [0.2, 0.25) is 5.28 Å². The Morgan fingerprint density at radius 3 is 2.44 bits per heavy atom. The van der Waals surface area contributed by atoms with E-state index in [1.165, 1.54) is 0 Å². The number of nitro groups is 1. The van der Waals surface area contributed by atoms with Crippen molar-refractivity contribution in [1.29, 1.82) is 0 Å². The number of aromatic nitrogens is 2. The van der Waals surface area contributed by atoms with E-state index in [2.05, 4.69) is 20.6 Å². The predicted octanol–water partition coefficient (Wildman–Crippen LogP) is 3.78. The number of alkyl carbamates (subject to hydrolysis) is 1. The van der Waals surface area contributed by atoms with E-state index in [4.69, 9.17) is 16.3 Å². The number of hydrogen-bond donors (Lipinski definition) is 2. The molecule has 1 aromatic rings. The van der Waals surface area contributed by atoms with Crippen LogP contribution in [0.1, 0.15) is 46.5 Å². The van der Waals surface area contributed by atoms with Gasteiger partial charge in [0.25, 0.3) is 0 Å². The molecule has 0 aromatic carbocycles. The molecule has 9 nitrogen and oxygen atoms in total. The first kappa shape index (κ1) is 21.1. The lowest BCUT2D eigenvalue weighted by molar-refractivity contribution is -0.384. The minimum Gasteiger partial charge on any atom is -0.444 e. The molecule has 0 radical (unpaired) electrons. The molecule has 0 spiro atoms. The third-order valence-electron chi connectivity index (χ3n) is 4.40. The monoisotopic (exact) mass is 399 g/mol. The fourth-order valence-electron chi connectivity index (χ4n) is 3.04. The molecule has 0 unspecified atom stereocenters. The number of hydrogen-bond acceptors (Lipinski definition) is 7. The second kappa shape index (κ2) is 9.16. The van der Waals surface area contributed by atoms with Gasteiger partial charge < -0.3 is 15.4 Å². The number of ether oxygens (including phenoxy) is 1. The average molecular weight is 400 g/mol. The summed E-state index contributed by atoms with van der Waals surface area (Å²) in [6.45, 7) is 6.68. The van der Waals surface area contributed by atoms with Gasteiger partial charge in [-0.1, -0.05) is 0 Å². The van der Waals surface area contributed by atoms with Crippen LogP contribution in [0, 0.1) is 22.0 Å². The highest BCUT2D eigenvalue weighted by molar-refractivity contribution is 6.28. The summed E-state index contributed by atoms with van der Waals surface area (Å²) < 4.78 is 5.24. The Balaban J connectivity index is 1.75. The maximum atomic E-state index is 11.7. The molecule has 2 rings (SSSR count). The Morgan fingerprint density at radius 1 is 1.30 bits per heavy atom. The first-order valence-corrected chi connectivity index (χ1v) is 9.39. The van der Waals surface area contributed by atoms with E-state index in [0.29, 0.717) is 24.9 Å². The molecular weight excluding hydrogens is 374 g/mol. The molecule has 2 N–H and O–H groups in total. The number of nitrogens with zero attached hydrogens (tertiary/aromatic N) is 3. The summed E-state index contributed by atoms with van der Waals surface area (Å²) in [5.41, 5.74) is -0.686. The van der Waals surface area contributed by atoms with Gasteiger partial charge in [0.1, 0.15) is 11.8 Å². The van der Waals surface area contributed by atoms with Crippen LogP contribution in [0.3, 0.4) is 0 Å². The number of nitrogens with one attached hydrogen (secondary N) is 2. The Hall–Kier alpha value is -2.16. The van der Waals surface area contributed by atoms with Crippen molar-refractivity contribution in [2.75, 3.05) is 18.4 Å². The number of carbonyl (C=O) groups is 1.